The van der Waals surface area contributed by atoms with Crippen molar-refractivity contribution in [2.24, 2.45) is 0 Å². The molecule has 6 nitrogen and oxygen atoms in total. The molecule has 0 aliphatic rings. The van der Waals surface area contributed by atoms with E-state index in [9.17, 15) is 18.0 Å². The highest BCUT2D eigenvalue weighted by Crippen LogP contribution is 2.35. The predicted octanol–water partition coefficient (Wildman–Crippen LogP) is 5.50. The average Bonchev–Trinajstić information content (AvgIpc) is 3.26. The molecule has 0 saturated heterocycles. The number of aromatic nitrogens is 4. The molecule has 2 aromatic carbocycles. The molecule has 0 N–H and O–H groups in total. The van der Waals surface area contributed by atoms with Gasteiger partial charge in [-0.15, -0.1) is 6.58 Å². The third-order valence-electron chi connectivity index (χ3n) is 4.66. The van der Waals surface area contributed by atoms with Gasteiger partial charge < -0.3 is 4.52 Å². The lowest BCUT2D eigenvalue weighted by Crippen LogP contribution is -2.23. The number of fused-ring (bicyclic) bond motifs is 1. The molecular weight excluding hydrogens is 441 g/mol. The summed E-state index contributed by atoms with van der Waals surface area (Å²) in [7, 11) is 0. The zero-order valence-electron chi connectivity index (χ0n) is 16.8. The Kier molecular flexibility index (Phi) is 5.88. The van der Waals surface area contributed by atoms with Crippen LogP contribution in [0.1, 0.15) is 23.6 Å². The van der Waals surface area contributed by atoms with Crippen LogP contribution in [0, 0.1) is 0 Å². The van der Waals surface area contributed by atoms with E-state index < -0.39 is 17.0 Å². The van der Waals surface area contributed by atoms with Crippen molar-refractivity contribution in [2.75, 3.05) is 0 Å². The van der Waals surface area contributed by atoms with Crippen LogP contribution in [0.25, 0.3) is 22.3 Å². The molecule has 2 aromatic heterocycles. The van der Waals surface area contributed by atoms with Gasteiger partial charge in [-0.05, 0) is 31.2 Å². The molecule has 0 fully saturated rings. The fourth-order valence-corrected chi connectivity index (χ4v) is 4.04. The number of alkyl halides is 3. The summed E-state index contributed by atoms with van der Waals surface area (Å²) in [5, 5.41) is 4.36. The van der Waals surface area contributed by atoms with Crippen LogP contribution in [0.3, 0.4) is 0 Å². The quantitative estimate of drug-likeness (QED) is 0.216. The maximum atomic E-state index is 13.0. The second-order valence-electron chi connectivity index (χ2n) is 6.91. The highest BCUT2D eigenvalue weighted by Gasteiger charge is 2.31. The Labute approximate surface area is 184 Å². The Balaban J connectivity index is 1.65. The molecule has 4 aromatic rings. The summed E-state index contributed by atoms with van der Waals surface area (Å²) in [6, 6.07) is 11.8. The number of thioether (sulfide) groups is 1. The third kappa shape index (κ3) is 4.31. The highest BCUT2D eigenvalue weighted by molar-refractivity contribution is 7.99. The molecule has 1 atom stereocenters. The topological polar surface area (TPSA) is 73.8 Å². The molecule has 164 valence electrons. The first-order valence-corrected chi connectivity index (χ1v) is 10.4. The van der Waals surface area contributed by atoms with Crippen LogP contribution in [0.2, 0.25) is 0 Å². The Hall–Kier alpha value is -3.40. The molecule has 0 bridgehead atoms. The van der Waals surface area contributed by atoms with E-state index in [0.29, 0.717) is 16.1 Å². The number of allylic oxidation sites excluding steroid dienone is 1. The summed E-state index contributed by atoms with van der Waals surface area (Å²) >= 11 is 1.24. The number of nitrogens with zero attached hydrogens (tertiary/aromatic N) is 4. The summed E-state index contributed by atoms with van der Waals surface area (Å²) in [6.07, 6.45) is -2.87. The molecule has 0 amide bonds. The fourth-order valence-electron chi connectivity index (χ4n) is 3.09. The van der Waals surface area contributed by atoms with Gasteiger partial charge in [0, 0.05) is 12.1 Å². The fraction of sp³-hybridized carbons (Fsp3) is 0.182. The van der Waals surface area contributed by atoms with Crippen LogP contribution >= 0.6 is 11.8 Å². The van der Waals surface area contributed by atoms with Crippen molar-refractivity contribution < 1.29 is 17.7 Å². The zero-order valence-corrected chi connectivity index (χ0v) is 17.7. The van der Waals surface area contributed by atoms with E-state index in [1.165, 1.54) is 28.5 Å². The number of para-hydroxylation sites is 1. The highest BCUT2D eigenvalue weighted by atomic mass is 32.2. The van der Waals surface area contributed by atoms with Gasteiger partial charge in [0.2, 0.25) is 11.7 Å². The zero-order chi connectivity index (χ0) is 22.9. The van der Waals surface area contributed by atoms with E-state index in [4.69, 9.17) is 4.52 Å². The first-order valence-electron chi connectivity index (χ1n) is 9.56. The first-order chi connectivity index (χ1) is 15.3. The van der Waals surface area contributed by atoms with Gasteiger partial charge in [0.25, 0.3) is 5.56 Å². The number of rotatable bonds is 6. The molecule has 32 heavy (non-hydrogen) atoms. The van der Waals surface area contributed by atoms with Gasteiger partial charge in [-0.1, -0.05) is 47.3 Å². The lowest BCUT2D eigenvalue weighted by Gasteiger charge is -2.13. The molecule has 0 spiro atoms. The molecule has 0 aliphatic carbocycles. The van der Waals surface area contributed by atoms with E-state index in [-0.39, 0.29) is 29.4 Å². The lowest BCUT2D eigenvalue weighted by molar-refractivity contribution is -0.137. The number of halogens is 3. The van der Waals surface area contributed by atoms with E-state index in [1.807, 2.05) is 0 Å². The van der Waals surface area contributed by atoms with Gasteiger partial charge in [-0.2, -0.15) is 18.2 Å². The van der Waals surface area contributed by atoms with E-state index in [1.54, 1.807) is 37.3 Å². The second kappa shape index (κ2) is 8.62. The van der Waals surface area contributed by atoms with Crippen molar-refractivity contribution in [3.05, 3.63) is 83.0 Å². The van der Waals surface area contributed by atoms with Crippen molar-refractivity contribution in [3.63, 3.8) is 0 Å². The Morgan fingerprint density at radius 2 is 1.97 bits per heavy atom. The maximum Gasteiger partial charge on any atom is 0.416 e. The van der Waals surface area contributed by atoms with Gasteiger partial charge >= 0.3 is 6.18 Å². The Bertz CT molecular complexity index is 1350. The molecule has 1 unspecified atom stereocenters. The van der Waals surface area contributed by atoms with E-state index in [0.717, 1.165) is 12.1 Å². The Morgan fingerprint density at radius 3 is 2.72 bits per heavy atom. The minimum Gasteiger partial charge on any atom is -0.338 e. The monoisotopic (exact) mass is 458 g/mol. The van der Waals surface area contributed by atoms with Crippen molar-refractivity contribution in [1.29, 1.82) is 0 Å². The van der Waals surface area contributed by atoms with Crippen LogP contribution in [0.15, 0.2) is 75.7 Å². The number of hydrogen-bond donors (Lipinski definition) is 0. The number of benzene rings is 2. The average molecular weight is 458 g/mol. The van der Waals surface area contributed by atoms with Crippen LogP contribution in [0.4, 0.5) is 13.2 Å². The van der Waals surface area contributed by atoms with Crippen molar-refractivity contribution in [2.45, 2.75) is 30.1 Å². The van der Waals surface area contributed by atoms with Crippen molar-refractivity contribution in [1.82, 2.24) is 19.7 Å². The van der Waals surface area contributed by atoms with Gasteiger partial charge in [0.05, 0.1) is 21.7 Å². The summed E-state index contributed by atoms with van der Waals surface area (Å²) in [5.41, 5.74) is -0.236. The third-order valence-corrected chi connectivity index (χ3v) is 5.74. The SMILES string of the molecule is C=CCn1c(SC(C)c2nc(-c3cccc(C(F)(F)F)c3)no2)nc2ccccc2c1=O. The molecule has 0 saturated carbocycles. The van der Waals surface area contributed by atoms with E-state index in [2.05, 4.69) is 21.7 Å². The maximum absolute atomic E-state index is 13.0. The smallest absolute Gasteiger partial charge is 0.338 e. The number of hydrogen-bond acceptors (Lipinski definition) is 6. The normalized spacial score (nSPS) is 12.8. The summed E-state index contributed by atoms with van der Waals surface area (Å²) < 4.78 is 45.8. The van der Waals surface area contributed by atoms with Crippen LogP contribution in [-0.4, -0.2) is 19.7 Å². The Morgan fingerprint density at radius 1 is 1.19 bits per heavy atom. The van der Waals surface area contributed by atoms with Gasteiger partial charge in [-0.25, -0.2) is 4.98 Å². The minimum atomic E-state index is -4.47. The van der Waals surface area contributed by atoms with Crippen LogP contribution < -0.4 is 5.56 Å². The largest absolute Gasteiger partial charge is 0.416 e. The summed E-state index contributed by atoms with van der Waals surface area (Å²) in [4.78, 5) is 21.7. The molecule has 0 aliphatic heterocycles. The van der Waals surface area contributed by atoms with Crippen LogP contribution in [0.5, 0.6) is 0 Å². The molecule has 2 heterocycles. The lowest BCUT2D eigenvalue weighted by atomic mass is 10.1. The molecular formula is C22H17F3N4O2S. The van der Waals surface area contributed by atoms with E-state index >= 15 is 0 Å². The summed E-state index contributed by atoms with van der Waals surface area (Å²) in [6.45, 7) is 5.75. The molecule has 10 heteroatoms. The van der Waals surface area contributed by atoms with Crippen molar-refractivity contribution in [3.8, 4) is 11.4 Å². The van der Waals surface area contributed by atoms with Gasteiger partial charge in [-0.3, -0.25) is 9.36 Å². The first kappa shape index (κ1) is 21.8. The van der Waals surface area contributed by atoms with Crippen molar-refractivity contribution >= 4 is 22.7 Å². The summed E-state index contributed by atoms with van der Waals surface area (Å²) in [5.74, 6) is 0.253. The predicted molar refractivity (Wildman–Crippen MR) is 115 cm³/mol. The molecule has 0 radical (unpaired) electrons. The second-order valence-corrected chi connectivity index (χ2v) is 8.22. The van der Waals surface area contributed by atoms with Gasteiger partial charge in [0.15, 0.2) is 5.16 Å². The van der Waals surface area contributed by atoms with Crippen LogP contribution in [-0.2, 0) is 12.7 Å². The minimum absolute atomic E-state index is 0.0495. The van der Waals surface area contributed by atoms with Gasteiger partial charge in [0.1, 0.15) is 0 Å². The standard InChI is InChI=1S/C22H17F3N4O2S/c1-3-11-29-20(30)16-9-4-5-10-17(16)26-21(29)32-13(2)19-27-18(28-31-19)14-7-6-8-15(12-14)22(23,24)25/h3-10,12-13H,1,11H2,2H3. The molecule has 4 rings (SSSR count).